The highest BCUT2D eigenvalue weighted by Gasteiger charge is 2.35. The normalized spacial score (nSPS) is 21.5. The van der Waals surface area contributed by atoms with E-state index < -0.39 is 11.7 Å². The van der Waals surface area contributed by atoms with E-state index in [1.807, 2.05) is 19.0 Å². The van der Waals surface area contributed by atoms with Gasteiger partial charge in [-0.25, -0.2) is 0 Å². The largest absolute Gasteiger partial charge is 0.416 e. The minimum atomic E-state index is -4.41. The van der Waals surface area contributed by atoms with Crippen LogP contribution in [-0.4, -0.2) is 61.2 Å². The summed E-state index contributed by atoms with van der Waals surface area (Å²) < 4.78 is 38.2. The van der Waals surface area contributed by atoms with Gasteiger partial charge in [-0.1, -0.05) is 18.2 Å². The Hall–Kier alpha value is -1.60. The summed E-state index contributed by atoms with van der Waals surface area (Å²) in [5.41, 5.74) is -0.389. The number of carbonyl (C=O) groups is 1. The van der Waals surface area contributed by atoms with Gasteiger partial charge in [-0.2, -0.15) is 13.2 Å². The van der Waals surface area contributed by atoms with E-state index in [9.17, 15) is 23.1 Å². The van der Waals surface area contributed by atoms with Gasteiger partial charge in [0.15, 0.2) is 0 Å². The van der Waals surface area contributed by atoms with E-state index >= 15 is 0 Å². The summed E-state index contributed by atoms with van der Waals surface area (Å²) in [7, 11) is 3.86. The van der Waals surface area contributed by atoms with Crippen LogP contribution in [0.2, 0.25) is 0 Å². The molecule has 1 saturated heterocycles. The number of halogens is 3. The second-order valence-corrected chi connectivity index (χ2v) is 6.64. The van der Waals surface area contributed by atoms with Gasteiger partial charge in [-0.05, 0) is 31.6 Å². The van der Waals surface area contributed by atoms with Gasteiger partial charge in [0.2, 0.25) is 5.91 Å². The zero-order valence-corrected chi connectivity index (χ0v) is 13.9. The van der Waals surface area contributed by atoms with E-state index in [2.05, 4.69) is 0 Å². The van der Waals surface area contributed by atoms with Crippen LogP contribution in [0.5, 0.6) is 0 Å². The molecule has 0 aliphatic carbocycles. The lowest BCUT2D eigenvalue weighted by Gasteiger charge is -2.20. The second kappa shape index (κ2) is 7.53. The fraction of sp³-hybridized carbons (Fsp3) is 0.588. The first-order valence-electron chi connectivity index (χ1n) is 7.90. The molecule has 1 N–H and O–H groups in total. The van der Waals surface area contributed by atoms with Gasteiger partial charge < -0.3 is 14.9 Å². The summed E-state index contributed by atoms with van der Waals surface area (Å²) in [5, 5.41) is 9.48. The maximum absolute atomic E-state index is 12.7. The number of carbonyl (C=O) groups excluding carboxylic acids is 1. The summed E-state index contributed by atoms with van der Waals surface area (Å²) in [6, 6.07) is 4.87. The van der Waals surface area contributed by atoms with E-state index in [0.29, 0.717) is 18.7 Å². The Labute approximate surface area is 139 Å². The van der Waals surface area contributed by atoms with Gasteiger partial charge >= 0.3 is 6.18 Å². The van der Waals surface area contributed by atoms with Crippen LogP contribution in [0.4, 0.5) is 13.2 Å². The minimum absolute atomic E-state index is 0.00580. The quantitative estimate of drug-likeness (QED) is 0.887. The molecule has 1 fully saturated rings. The molecule has 2 atom stereocenters. The molecule has 0 radical (unpaired) electrons. The molecule has 1 aromatic carbocycles. The predicted octanol–water partition coefficient (Wildman–Crippen LogP) is 1.88. The molecule has 0 bridgehead atoms. The van der Waals surface area contributed by atoms with Crippen molar-refractivity contribution in [2.45, 2.75) is 12.6 Å². The number of alkyl halides is 3. The minimum Gasteiger partial charge on any atom is -0.396 e. The zero-order valence-electron chi connectivity index (χ0n) is 13.9. The van der Waals surface area contributed by atoms with Crippen molar-refractivity contribution in [3.8, 4) is 0 Å². The average molecular weight is 344 g/mol. The van der Waals surface area contributed by atoms with Crippen LogP contribution in [0.15, 0.2) is 24.3 Å². The molecule has 0 unspecified atom stereocenters. The van der Waals surface area contributed by atoms with Crippen molar-refractivity contribution in [3.05, 3.63) is 35.4 Å². The van der Waals surface area contributed by atoms with Crippen LogP contribution in [0, 0.1) is 11.8 Å². The van der Waals surface area contributed by atoms with E-state index in [0.717, 1.165) is 18.7 Å². The number of amides is 1. The number of likely N-dealkylation sites (tertiary alicyclic amines) is 1. The Balaban J connectivity index is 2.03. The molecule has 0 saturated carbocycles. The van der Waals surface area contributed by atoms with Gasteiger partial charge in [0.1, 0.15) is 0 Å². The Morgan fingerprint density at radius 1 is 1.29 bits per heavy atom. The van der Waals surface area contributed by atoms with Crippen molar-refractivity contribution in [1.29, 1.82) is 0 Å². The third kappa shape index (κ3) is 4.70. The summed E-state index contributed by atoms with van der Waals surface area (Å²) in [6.07, 6.45) is -4.47. The molecule has 0 aromatic heterocycles. The lowest BCUT2D eigenvalue weighted by Crippen LogP contribution is -2.31. The highest BCUT2D eigenvalue weighted by Crippen LogP contribution is 2.30. The fourth-order valence-corrected chi connectivity index (χ4v) is 3.17. The molecular formula is C17H23F3N2O2. The van der Waals surface area contributed by atoms with Crippen molar-refractivity contribution >= 4 is 5.91 Å². The molecule has 24 heavy (non-hydrogen) atoms. The second-order valence-electron chi connectivity index (χ2n) is 6.64. The maximum atomic E-state index is 12.7. The topological polar surface area (TPSA) is 43.8 Å². The first-order chi connectivity index (χ1) is 11.2. The van der Waals surface area contributed by atoms with E-state index in [4.69, 9.17) is 0 Å². The summed E-state index contributed by atoms with van der Waals surface area (Å²) in [5.74, 6) is -0.0117. The number of nitrogens with zero attached hydrogens (tertiary/aromatic N) is 2. The van der Waals surface area contributed by atoms with Crippen LogP contribution in [-0.2, 0) is 17.4 Å². The predicted molar refractivity (Wildman–Crippen MR) is 84.3 cm³/mol. The number of hydrogen-bond acceptors (Lipinski definition) is 3. The lowest BCUT2D eigenvalue weighted by atomic mass is 9.97. The first kappa shape index (κ1) is 18.7. The smallest absolute Gasteiger partial charge is 0.396 e. The van der Waals surface area contributed by atoms with Crippen LogP contribution in [0.3, 0.4) is 0 Å². The van der Waals surface area contributed by atoms with E-state index in [-0.39, 0.29) is 30.8 Å². The van der Waals surface area contributed by atoms with Crippen molar-refractivity contribution in [1.82, 2.24) is 9.80 Å². The molecule has 2 rings (SSSR count). The highest BCUT2D eigenvalue weighted by atomic mass is 19.4. The van der Waals surface area contributed by atoms with Crippen molar-refractivity contribution < 1.29 is 23.1 Å². The zero-order chi connectivity index (χ0) is 17.9. The highest BCUT2D eigenvalue weighted by molar-refractivity contribution is 5.79. The molecule has 1 heterocycles. The molecule has 1 aromatic rings. The Kier molecular flexibility index (Phi) is 5.87. The molecule has 134 valence electrons. The third-order valence-electron chi connectivity index (χ3n) is 4.37. The molecule has 7 heteroatoms. The van der Waals surface area contributed by atoms with E-state index in [1.165, 1.54) is 12.1 Å². The Morgan fingerprint density at radius 2 is 1.96 bits per heavy atom. The van der Waals surface area contributed by atoms with Crippen LogP contribution >= 0.6 is 0 Å². The Morgan fingerprint density at radius 3 is 2.54 bits per heavy atom. The van der Waals surface area contributed by atoms with Crippen LogP contribution in [0.1, 0.15) is 11.1 Å². The number of aliphatic hydroxyl groups excluding tert-OH is 1. The monoisotopic (exact) mass is 344 g/mol. The molecule has 1 aliphatic heterocycles. The summed E-state index contributed by atoms with van der Waals surface area (Å²) in [6.45, 7) is 1.75. The average Bonchev–Trinajstić information content (AvgIpc) is 2.89. The number of rotatable bonds is 5. The van der Waals surface area contributed by atoms with Gasteiger partial charge in [0, 0.05) is 32.2 Å². The van der Waals surface area contributed by atoms with Gasteiger partial charge in [-0.3, -0.25) is 4.79 Å². The van der Waals surface area contributed by atoms with Gasteiger partial charge in [-0.15, -0.1) is 0 Å². The number of benzene rings is 1. The molecule has 1 amide bonds. The first-order valence-corrected chi connectivity index (χ1v) is 7.90. The number of aliphatic hydroxyl groups is 1. The van der Waals surface area contributed by atoms with Crippen molar-refractivity contribution in [2.75, 3.05) is 40.3 Å². The van der Waals surface area contributed by atoms with Gasteiger partial charge in [0.05, 0.1) is 12.0 Å². The lowest BCUT2D eigenvalue weighted by molar-refractivity contribution is -0.138. The molecule has 1 aliphatic rings. The van der Waals surface area contributed by atoms with E-state index in [1.54, 1.807) is 4.90 Å². The summed E-state index contributed by atoms with van der Waals surface area (Å²) in [4.78, 5) is 16.1. The Bertz CT molecular complexity index is 575. The SMILES string of the molecule is CN(C)C[C@@H]1CN(C(=O)Cc2cccc(C(F)(F)F)c2)C[C@@H]1CO. The molecule has 0 spiro atoms. The maximum Gasteiger partial charge on any atom is 0.416 e. The van der Waals surface area contributed by atoms with Crippen LogP contribution in [0.25, 0.3) is 0 Å². The molecular weight excluding hydrogens is 321 g/mol. The molecule has 4 nitrogen and oxygen atoms in total. The van der Waals surface area contributed by atoms with Crippen LogP contribution < -0.4 is 0 Å². The number of hydrogen-bond donors (Lipinski definition) is 1. The standard InChI is InChI=1S/C17H23F3N2O2/c1-21(2)8-13-9-22(10-14(13)11-23)16(24)7-12-4-3-5-15(6-12)17(18,19)20/h3-6,13-14,23H,7-11H2,1-2H3/t13-,14-/m1/s1. The fourth-order valence-electron chi connectivity index (χ4n) is 3.17. The third-order valence-corrected chi connectivity index (χ3v) is 4.37. The summed E-state index contributed by atoms with van der Waals surface area (Å²) >= 11 is 0. The van der Waals surface area contributed by atoms with Crippen molar-refractivity contribution in [2.24, 2.45) is 11.8 Å². The van der Waals surface area contributed by atoms with Gasteiger partial charge in [0.25, 0.3) is 0 Å². The van der Waals surface area contributed by atoms with Crippen molar-refractivity contribution in [3.63, 3.8) is 0 Å².